The second-order valence-corrected chi connectivity index (χ2v) is 9.51. The zero-order valence-corrected chi connectivity index (χ0v) is 17.5. The van der Waals surface area contributed by atoms with Crippen LogP contribution in [-0.4, -0.2) is 43.3 Å². The number of amides is 2. The fourth-order valence-electron chi connectivity index (χ4n) is 3.81. The molecular weight excluding hydrogens is 392 g/mol. The number of nitrogens with zero attached hydrogens (tertiary/aromatic N) is 2. The summed E-state index contributed by atoms with van der Waals surface area (Å²) in [4.78, 5) is 25.0. The van der Waals surface area contributed by atoms with Gasteiger partial charge in [-0.2, -0.15) is 5.10 Å². The van der Waals surface area contributed by atoms with E-state index in [1.165, 1.54) is 17.1 Å². The molecule has 1 saturated carbocycles. The van der Waals surface area contributed by atoms with E-state index in [4.69, 9.17) is 0 Å². The number of carbonyl (C=O) groups is 2. The number of benzene rings is 1. The second-order valence-electron chi connectivity index (χ2n) is 7.49. The van der Waals surface area contributed by atoms with Crippen molar-refractivity contribution in [3.05, 3.63) is 42.2 Å². The Hall–Kier alpha value is -2.68. The number of anilines is 1. The molecule has 1 aromatic heterocycles. The summed E-state index contributed by atoms with van der Waals surface area (Å²) in [5.41, 5.74) is 0.633. The van der Waals surface area contributed by atoms with Gasteiger partial charge in [0.2, 0.25) is 11.8 Å². The third-order valence-corrected chi connectivity index (χ3v) is 6.58. The van der Waals surface area contributed by atoms with Crippen LogP contribution in [0.1, 0.15) is 37.7 Å². The van der Waals surface area contributed by atoms with E-state index in [9.17, 15) is 18.0 Å². The largest absolute Gasteiger partial charge is 0.358 e. The van der Waals surface area contributed by atoms with Crippen LogP contribution in [0.4, 0.5) is 5.69 Å². The summed E-state index contributed by atoms with van der Waals surface area (Å²) in [5.74, 6) is -0.315. The van der Waals surface area contributed by atoms with Crippen molar-refractivity contribution < 1.29 is 18.0 Å². The van der Waals surface area contributed by atoms with Gasteiger partial charge < -0.3 is 10.6 Å². The Balaban J connectivity index is 1.84. The molecule has 1 aliphatic carbocycles. The molecule has 2 N–H and O–H groups in total. The molecule has 156 valence electrons. The molecule has 0 aliphatic heterocycles. The molecule has 1 fully saturated rings. The Bertz CT molecular complexity index is 990. The summed E-state index contributed by atoms with van der Waals surface area (Å²) in [6, 6.07) is 6.62. The molecule has 2 aromatic rings. The van der Waals surface area contributed by atoms with Gasteiger partial charge in [0.05, 0.1) is 22.2 Å². The number of aromatic nitrogens is 2. The van der Waals surface area contributed by atoms with Crippen molar-refractivity contribution >= 4 is 27.3 Å². The minimum Gasteiger partial charge on any atom is -0.358 e. The molecule has 2 amide bonds. The van der Waals surface area contributed by atoms with Gasteiger partial charge in [-0.25, -0.2) is 8.42 Å². The minimum absolute atomic E-state index is 0.0739. The van der Waals surface area contributed by atoms with Gasteiger partial charge in [0.1, 0.15) is 6.54 Å². The van der Waals surface area contributed by atoms with Gasteiger partial charge in [-0.1, -0.05) is 31.4 Å². The van der Waals surface area contributed by atoms with Crippen LogP contribution in [0.5, 0.6) is 0 Å². The molecule has 0 unspecified atom stereocenters. The lowest BCUT2D eigenvalue weighted by atomic mass is 9.68. The molecule has 1 aromatic carbocycles. The van der Waals surface area contributed by atoms with E-state index in [0.717, 1.165) is 24.8 Å². The Labute approximate surface area is 170 Å². The van der Waals surface area contributed by atoms with Gasteiger partial charge in [0.25, 0.3) is 0 Å². The zero-order valence-electron chi connectivity index (χ0n) is 16.6. The summed E-state index contributed by atoms with van der Waals surface area (Å²) in [7, 11) is -1.74. The Morgan fingerprint density at radius 1 is 1.14 bits per heavy atom. The van der Waals surface area contributed by atoms with Crippen molar-refractivity contribution in [2.24, 2.45) is 0 Å². The van der Waals surface area contributed by atoms with Crippen molar-refractivity contribution in [2.75, 3.05) is 18.6 Å². The monoisotopic (exact) mass is 418 g/mol. The third-order valence-electron chi connectivity index (χ3n) is 5.45. The first-order chi connectivity index (χ1) is 13.7. The summed E-state index contributed by atoms with van der Waals surface area (Å²) < 4.78 is 25.0. The molecule has 0 bridgehead atoms. The van der Waals surface area contributed by atoms with E-state index in [0.29, 0.717) is 18.5 Å². The van der Waals surface area contributed by atoms with Crippen LogP contribution in [0.15, 0.2) is 41.6 Å². The lowest BCUT2D eigenvalue weighted by Crippen LogP contribution is -2.42. The summed E-state index contributed by atoms with van der Waals surface area (Å²) >= 11 is 0. The van der Waals surface area contributed by atoms with Crippen molar-refractivity contribution in [1.82, 2.24) is 15.1 Å². The first-order valence-electron chi connectivity index (χ1n) is 9.60. The van der Waals surface area contributed by atoms with E-state index in [1.54, 1.807) is 37.5 Å². The Kier molecular flexibility index (Phi) is 6.07. The molecule has 1 heterocycles. The van der Waals surface area contributed by atoms with Gasteiger partial charge in [-0.05, 0) is 30.5 Å². The molecule has 8 nitrogen and oxygen atoms in total. The summed E-state index contributed by atoms with van der Waals surface area (Å²) in [6.07, 6.45) is 8.63. The maximum atomic E-state index is 13.3. The number of rotatable bonds is 6. The highest BCUT2D eigenvalue weighted by atomic mass is 32.2. The molecule has 29 heavy (non-hydrogen) atoms. The van der Waals surface area contributed by atoms with E-state index < -0.39 is 15.3 Å². The molecule has 0 atom stereocenters. The first kappa shape index (κ1) is 21.0. The summed E-state index contributed by atoms with van der Waals surface area (Å²) in [5, 5.41) is 9.57. The number of likely N-dealkylation sites (N-methyl/N-ethyl adjacent to an activating group) is 1. The maximum Gasteiger partial charge on any atom is 0.241 e. The highest BCUT2D eigenvalue weighted by Crippen LogP contribution is 2.40. The van der Waals surface area contributed by atoms with Crippen LogP contribution < -0.4 is 10.6 Å². The fourth-order valence-corrected chi connectivity index (χ4v) is 4.45. The zero-order chi connectivity index (χ0) is 21.1. The van der Waals surface area contributed by atoms with E-state index in [1.807, 2.05) is 0 Å². The van der Waals surface area contributed by atoms with Crippen molar-refractivity contribution in [3.8, 4) is 0 Å². The topological polar surface area (TPSA) is 110 Å². The predicted octanol–water partition coefficient (Wildman–Crippen LogP) is 1.87. The SMILES string of the molecule is CNC(=O)Cn1cc(NC(=O)C2(c3ccc(S(C)(=O)=O)cc3)CCCCC2)cn1. The highest BCUT2D eigenvalue weighted by molar-refractivity contribution is 7.90. The minimum atomic E-state index is -3.29. The fraction of sp³-hybridized carbons (Fsp3) is 0.450. The number of nitrogens with one attached hydrogen (secondary N) is 2. The van der Waals surface area contributed by atoms with Crippen LogP contribution in [-0.2, 0) is 31.4 Å². The number of hydrogen-bond donors (Lipinski definition) is 2. The Morgan fingerprint density at radius 2 is 1.79 bits per heavy atom. The lowest BCUT2D eigenvalue weighted by Gasteiger charge is -2.36. The Morgan fingerprint density at radius 3 is 2.38 bits per heavy atom. The van der Waals surface area contributed by atoms with Crippen LogP contribution >= 0.6 is 0 Å². The van der Waals surface area contributed by atoms with Crippen molar-refractivity contribution in [2.45, 2.75) is 49.0 Å². The smallest absolute Gasteiger partial charge is 0.241 e. The molecular formula is C20H26N4O4S. The van der Waals surface area contributed by atoms with Crippen molar-refractivity contribution in [1.29, 1.82) is 0 Å². The van der Waals surface area contributed by atoms with E-state index in [2.05, 4.69) is 15.7 Å². The van der Waals surface area contributed by atoms with Crippen LogP contribution in [0.25, 0.3) is 0 Å². The van der Waals surface area contributed by atoms with Gasteiger partial charge in [0.15, 0.2) is 9.84 Å². The molecule has 9 heteroatoms. The van der Waals surface area contributed by atoms with Gasteiger partial charge in [0, 0.05) is 19.5 Å². The molecule has 0 radical (unpaired) electrons. The highest BCUT2D eigenvalue weighted by Gasteiger charge is 2.41. The van der Waals surface area contributed by atoms with E-state index in [-0.39, 0.29) is 23.3 Å². The summed E-state index contributed by atoms with van der Waals surface area (Å²) in [6.45, 7) is 0.0739. The van der Waals surface area contributed by atoms with Gasteiger partial charge >= 0.3 is 0 Å². The quantitative estimate of drug-likeness (QED) is 0.744. The molecule has 0 spiro atoms. The lowest BCUT2D eigenvalue weighted by molar-refractivity contribution is -0.123. The normalized spacial score (nSPS) is 16.2. The number of sulfone groups is 1. The average molecular weight is 419 g/mol. The van der Waals surface area contributed by atoms with E-state index >= 15 is 0 Å². The standard InChI is InChI=1S/C20H26N4O4S/c1-21-18(25)14-24-13-16(12-22-24)23-19(26)20(10-4-3-5-11-20)15-6-8-17(9-7-15)29(2,27)28/h6-9,12-13H,3-5,10-11,14H2,1-2H3,(H,21,25)(H,23,26). The van der Waals surface area contributed by atoms with Crippen LogP contribution in [0, 0.1) is 0 Å². The molecule has 0 saturated heterocycles. The maximum absolute atomic E-state index is 13.3. The van der Waals surface area contributed by atoms with Crippen LogP contribution in [0.2, 0.25) is 0 Å². The molecule has 3 rings (SSSR count). The van der Waals surface area contributed by atoms with Gasteiger partial charge in [-0.3, -0.25) is 14.3 Å². The third kappa shape index (κ3) is 4.67. The second kappa shape index (κ2) is 8.36. The first-order valence-corrected chi connectivity index (χ1v) is 11.5. The van der Waals surface area contributed by atoms with Gasteiger partial charge in [-0.15, -0.1) is 0 Å². The number of carbonyl (C=O) groups excluding carboxylic acids is 2. The number of hydrogen-bond acceptors (Lipinski definition) is 5. The predicted molar refractivity (Wildman–Crippen MR) is 109 cm³/mol. The average Bonchev–Trinajstić information content (AvgIpc) is 3.14. The van der Waals surface area contributed by atoms with Crippen LogP contribution in [0.3, 0.4) is 0 Å². The van der Waals surface area contributed by atoms with Crippen molar-refractivity contribution in [3.63, 3.8) is 0 Å². The molecule has 1 aliphatic rings.